The molecule has 0 aromatic heterocycles. The highest BCUT2D eigenvalue weighted by Gasteiger charge is 2.27. The summed E-state index contributed by atoms with van der Waals surface area (Å²) in [5.41, 5.74) is 2.77. The van der Waals surface area contributed by atoms with Crippen LogP contribution in [0.5, 0.6) is 11.5 Å². The van der Waals surface area contributed by atoms with Gasteiger partial charge in [-0.05, 0) is 54.2 Å². The summed E-state index contributed by atoms with van der Waals surface area (Å²) in [6, 6.07) is 12.6. The summed E-state index contributed by atoms with van der Waals surface area (Å²) < 4.78 is 10.6. The second-order valence-electron chi connectivity index (χ2n) is 7.94. The molecular weight excluding hydrogens is 392 g/mol. The third kappa shape index (κ3) is 6.48. The normalized spacial score (nSPS) is 11.7. The highest BCUT2D eigenvalue weighted by atomic mass is 16.5. The molecule has 0 heterocycles. The van der Waals surface area contributed by atoms with Crippen LogP contribution >= 0.6 is 0 Å². The van der Waals surface area contributed by atoms with Gasteiger partial charge in [-0.15, -0.1) is 0 Å². The minimum absolute atomic E-state index is 0.0325. The third-order valence-corrected chi connectivity index (χ3v) is 5.40. The van der Waals surface area contributed by atoms with Crippen LogP contribution in [-0.4, -0.2) is 50.6 Å². The van der Waals surface area contributed by atoms with Gasteiger partial charge in [-0.3, -0.25) is 9.59 Å². The van der Waals surface area contributed by atoms with Crippen molar-refractivity contribution < 1.29 is 19.1 Å². The molecule has 0 aliphatic rings. The number of carbonyl (C=O) groups excluding carboxylic acids is 2. The number of benzene rings is 2. The largest absolute Gasteiger partial charge is 0.493 e. The molecule has 6 heteroatoms. The maximum atomic E-state index is 13.1. The van der Waals surface area contributed by atoms with Crippen LogP contribution in [0.2, 0.25) is 0 Å². The number of nitrogens with zero attached hydrogens (tertiary/aromatic N) is 1. The van der Waals surface area contributed by atoms with Crippen LogP contribution in [0.4, 0.5) is 0 Å². The molecule has 1 N–H and O–H groups in total. The zero-order valence-corrected chi connectivity index (χ0v) is 19.4. The molecule has 0 radical (unpaired) electrons. The summed E-state index contributed by atoms with van der Waals surface area (Å²) in [5, 5.41) is 2.92. The number of hydrogen-bond donors (Lipinski definition) is 1. The second kappa shape index (κ2) is 11.4. The van der Waals surface area contributed by atoms with Crippen molar-refractivity contribution in [1.82, 2.24) is 10.2 Å². The lowest BCUT2D eigenvalue weighted by molar-refractivity contribution is -0.133. The fourth-order valence-corrected chi connectivity index (χ4v) is 3.31. The van der Waals surface area contributed by atoms with E-state index in [2.05, 4.69) is 12.2 Å². The maximum Gasteiger partial charge on any atom is 0.251 e. The summed E-state index contributed by atoms with van der Waals surface area (Å²) in [5.74, 6) is 0.965. The van der Waals surface area contributed by atoms with E-state index in [9.17, 15) is 9.59 Å². The van der Waals surface area contributed by atoms with E-state index >= 15 is 0 Å². The smallest absolute Gasteiger partial charge is 0.251 e. The summed E-state index contributed by atoms with van der Waals surface area (Å²) in [6.45, 7) is 6.47. The van der Waals surface area contributed by atoms with Crippen molar-refractivity contribution >= 4 is 11.8 Å². The van der Waals surface area contributed by atoms with Gasteiger partial charge in [0.15, 0.2) is 11.5 Å². The van der Waals surface area contributed by atoms with E-state index in [4.69, 9.17) is 9.47 Å². The molecule has 0 aliphatic carbocycles. The van der Waals surface area contributed by atoms with Gasteiger partial charge < -0.3 is 19.7 Å². The molecule has 0 saturated carbocycles. The van der Waals surface area contributed by atoms with Gasteiger partial charge in [0.2, 0.25) is 5.91 Å². The topological polar surface area (TPSA) is 67.9 Å². The third-order valence-electron chi connectivity index (χ3n) is 5.40. The summed E-state index contributed by atoms with van der Waals surface area (Å²) >= 11 is 0. The van der Waals surface area contributed by atoms with Gasteiger partial charge in [-0.25, -0.2) is 0 Å². The zero-order chi connectivity index (χ0) is 23.0. The SMILES string of the molecule is CCc1ccc(C(=O)NC(C(=O)N(C)CCc2ccc(OC)c(OC)c2)C(C)C)cc1. The van der Waals surface area contributed by atoms with E-state index in [0.29, 0.717) is 30.0 Å². The van der Waals surface area contributed by atoms with Crippen LogP contribution in [0.15, 0.2) is 42.5 Å². The van der Waals surface area contributed by atoms with Crippen LogP contribution in [0, 0.1) is 5.92 Å². The Morgan fingerprint density at radius 2 is 1.58 bits per heavy atom. The fraction of sp³-hybridized carbons (Fsp3) is 0.440. The minimum Gasteiger partial charge on any atom is -0.493 e. The molecule has 31 heavy (non-hydrogen) atoms. The highest BCUT2D eigenvalue weighted by molar-refractivity contribution is 5.97. The number of nitrogens with one attached hydrogen (secondary N) is 1. The van der Waals surface area contributed by atoms with Gasteiger partial charge in [-0.2, -0.15) is 0 Å². The molecule has 2 rings (SSSR count). The summed E-state index contributed by atoms with van der Waals surface area (Å²) in [6.07, 6.45) is 1.58. The van der Waals surface area contributed by atoms with Gasteiger partial charge in [0.1, 0.15) is 6.04 Å². The molecule has 0 bridgehead atoms. The average molecular weight is 427 g/mol. The number of ether oxygens (including phenoxy) is 2. The van der Waals surface area contributed by atoms with Gasteiger partial charge in [-0.1, -0.05) is 39.0 Å². The molecule has 0 fully saturated rings. The van der Waals surface area contributed by atoms with E-state index in [-0.39, 0.29) is 17.7 Å². The number of aryl methyl sites for hydroxylation is 1. The van der Waals surface area contributed by atoms with E-state index in [1.807, 2.05) is 44.2 Å². The molecular formula is C25H34N2O4. The first kappa shape index (κ1) is 24.3. The lowest BCUT2D eigenvalue weighted by Crippen LogP contribution is -2.50. The Hall–Kier alpha value is -3.02. The van der Waals surface area contributed by atoms with E-state index in [1.165, 1.54) is 5.56 Å². The summed E-state index contributed by atoms with van der Waals surface area (Å²) in [7, 11) is 4.96. The molecule has 1 atom stereocenters. The molecule has 2 aromatic carbocycles. The molecule has 0 aliphatic heterocycles. The van der Waals surface area contributed by atoms with E-state index in [0.717, 1.165) is 12.0 Å². The lowest BCUT2D eigenvalue weighted by atomic mass is 10.0. The van der Waals surface area contributed by atoms with Crippen LogP contribution in [-0.2, 0) is 17.6 Å². The first-order chi connectivity index (χ1) is 14.8. The Balaban J connectivity index is 2.02. The number of carbonyl (C=O) groups is 2. The Bertz CT molecular complexity index is 878. The molecule has 6 nitrogen and oxygen atoms in total. The van der Waals surface area contributed by atoms with Crippen molar-refractivity contribution in [3.8, 4) is 11.5 Å². The van der Waals surface area contributed by atoms with E-state index in [1.54, 1.807) is 38.3 Å². The average Bonchev–Trinajstić information content (AvgIpc) is 2.79. The highest BCUT2D eigenvalue weighted by Crippen LogP contribution is 2.27. The lowest BCUT2D eigenvalue weighted by Gasteiger charge is -2.27. The molecule has 0 saturated heterocycles. The Labute approximate surface area is 185 Å². The number of amides is 2. The van der Waals surface area contributed by atoms with Crippen molar-refractivity contribution in [2.45, 2.75) is 39.7 Å². The molecule has 1 unspecified atom stereocenters. The van der Waals surface area contributed by atoms with Crippen LogP contribution in [0.3, 0.4) is 0 Å². The van der Waals surface area contributed by atoms with Crippen molar-refractivity contribution in [2.75, 3.05) is 27.8 Å². The number of methoxy groups -OCH3 is 2. The molecule has 168 valence electrons. The number of hydrogen-bond acceptors (Lipinski definition) is 4. The van der Waals surface area contributed by atoms with Gasteiger partial charge in [0, 0.05) is 19.2 Å². The summed E-state index contributed by atoms with van der Waals surface area (Å²) in [4.78, 5) is 27.4. The van der Waals surface area contributed by atoms with Crippen molar-refractivity contribution in [1.29, 1.82) is 0 Å². The van der Waals surface area contributed by atoms with Gasteiger partial charge >= 0.3 is 0 Å². The first-order valence-electron chi connectivity index (χ1n) is 10.7. The van der Waals surface area contributed by atoms with Crippen molar-refractivity contribution in [3.63, 3.8) is 0 Å². The quantitative estimate of drug-likeness (QED) is 0.629. The fourth-order valence-electron chi connectivity index (χ4n) is 3.31. The zero-order valence-electron chi connectivity index (χ0n) is 19.4. The van der Waals surface area contributed by atoms with Crippen LogP contribution in [0.25, 0.3) is 0 Å². The predicted octanol–water partition coefficient (Wildman–Crippen LogP) is 3.72. The standard InChI is InChI=1S/C25H34N2O4/c1-7-18-8-11-20(12-9-18)24(28)26-23(17(2)3)25(29)27(4)15-14-19-10-13-21(30-5)22(16-19)31-6/h8-13,16-17,23H,7,14-15H2,1-6H3,(H,26,28). The van der Waals surface area contributed by atoms with Crippen molar-refractivity contribution in [2.24, 2.45) is 5.92 Å². The Kier molecular flexibility index (Phi) is 8.91. The second-order valence-corrected chi connectivity index (χ2v) is 7.94. The van der Waals surface area contributed by atoms with Gasteiger partial charge in [0.05, 0.1) is 14.2 Å². The Morgan fingerprint density at radius 1 is 0.968 bits per heavy atom. The minimum atomic E-state index is -0.589. The number of likely N-dealkylation sites (N-methyl/N-ethyl adjacent to an activating group) is 1. The van der Waals surface area contributed by atoms with E-state index < -0.39 is 6.04 Å². The monoisotopic (exact) mass is 426 g/mol. The van der Waals surface area contributed by atoms with Crippen LogP contribution < -0.4 is 14.8 Å². The molecule has 2 aromatic rings. The Morgan fingerprint density at radius 3 is 2.13 bits per heavy atom. The van der Waals surface area contributed by atoms with Crippen molar-refractivity contribution in [3.05, 3.63) is 59.2 Å². The molecule has 2 amide bonds. The van der Waals surface area contributed by atoms with Crippen LogP contribution in [0.1, 0.15) is 42.3 Å². The van der Waals surface area contributed by atoms with Gasteiger partial charge in [0.25, 0.3) is 5.91 Å². The predicted molar refractivity (Wildman–Crippen MR) is 123 cm³/mol. The maximum absolute atomic E-state index is 13.1. The first-order valence-corrected chi connectivity index (χ1v) is 10.7. The molecule has 0 spiro atoms. The number of rotatable bonds is 10.